The SMILES string of the molecule is CCOc1cc(C#N)cc(Br)c1OC(=O)COc1cccc(C(C)=O)c1. The van der Waals surface area contributed by atoms with Gasteiger partial charge in [0.25, 0.3) is 0 Å². The Balaban J connectivity index is 2.09. The minimum absolute atomic E-state index is 0.0964. The summed E-state index contributed by atoms with van der Waals surface area (Å²) in [6.45, 7) is 3.23. The van der Waals surface area contributed by atoms with Gasteiger partial charge < -0.3 is 14.2 Å². The molecule has 0 spiro atoms. The van der Waals surface area contributed by atoms with E-state index in [0.29, 0.717) is 28.0 Å². The molecule has 0 radical (unpaired) electrons. The topological polar surface area (TPSA) is 85.6 Å². The molecule has 0 amide bonds. The second-order valence-corrected chi connectivity index (χ2v) is 6.03. The molecule has 134 valence electrons. The summed E-state index contributed by atoms with van der Waals surface area (Å²) < 4.78 is 16.5. The first-order chi connectivity index (χ1) is 12.4. The number of ketones is 1. The van der Waals surface area contributed by atoms with Crippen molar-refractivity contribution in [1.82, 2.24) is 0 Å². The van der Waals surface area contributed by atoms with Crippen LogP contribution in [-0.4, -0.2) is 25.0 Å². The van der Waals surface area contributed by atoms with Crippen LogP contribution in [-0.2, 0) is 4.79 Å². The molecule has 2 aromatic rings. The first-order valence-electron chi connectivity index (χ1n) is 7.75. The number of rotatable bonds is 7. The van der Waals surface area contributed by atoms with Crippen LogP contribution < -0.4 is 14.2 Å². The molecule has 2 aromatic carbocycles. The molecule has 7 heteroatoms. The lowest BCUT2D eigenvalue weighted by molar-refractivity contribution is -0.136. The Kier molecular flexibility index (Phi) is 6.75. The van der Waals surface area contributed by atoms with Crippen molar-refractivity contribution in [3.8, 4) is 23.3 Å². The minimum atomic E-state index is -0.649. The normalized spacial score (nSPS) is 9.92. The lowest BCUT2D eigenvalue weighted by Gasteiger charge is -2.13. The molecule has 0 aliphatic heterocycles. The average molecular weight is 418 g/mol. The van der Waals surface area contributed by atoms with E-state index in [4.69, 9.17) is 19.5 Å². The standard InChI is InChI=1S/C19H16BrNO5/c1-3-24-17-8-13(10-21)7-16(20)19(17)26-18(23)11-25-15-6-4-5-14(9-15)12(2)22/h4-9H,3,11H2,1-2H3. The number of carbonyl (C=O) groups excluding carboxylic acids is 2. The third kappa shape index (κ3) is 5.07. The number of benzene rings is 2. The molecular weight excluding hydrogens is 402 g/mol. The molecule has 0 bridgehead atoms. The Morgan fingerprint density at radius 1 is 1.19 bits per heavy atom. The van der Waals surface area contributed by atoms with Crippen molar-refractivity contribution in [3.05, 3.63) is 52.0 Å². The third-order valence-corrected chi connectivity index (χ3v) is 3.84. The molecule has 2 rings (SSSR count). The van der Waals surface area contributed by atoms with Gasteiger partial charge in [-0.1, -0.05) is 12.1 Å². The van der Waals surface area contributed by atoms with Crippen molar-refractivity contribution in [3.63, 3.8) is 0 Å². The quantitative estimate of drug-likeness (QED) is 0.385. The van der Waals surface area contributed by atoms with Crippen LogP contribution >= 0.6 is 15.9 Å². The van der Waals surface area contributed by atoms with E-state index in [1.807, 2.05) is 6.07 Å². The minimum Gasteiger partial charge on any atom is -0.490 e. The fourth-order valence-electron chi connectivity index (χ4n) is 2.08. The summed E-state index contributed by atoms with van der Waals surface area (Å²) in [7, 11) is 0. The summed E-state index contributed by atoms with van der Waals surface area (Å²) in [6.07, 6.45) is 0. The fourth-order valence-corrected chi connectivity index (χ4v) is 2.61. The molecule has 0 heterocycles. The Bertz CT molecular complexity index is 873. The molecule has 0 aromatic heterocycles. The van der Waals surface area contributed by atoms with Gasteiger partial charge in [0.2, 0.25) is 0 Å². The molecule has 0 aliphatic rings. The highest BCUT2D eigenvalue weighted by molar-refractivity contribution is 9.10. The number of carbonyl (C=O) groups is 2. The van der Waals surface area contributed by atoms with Crippen LogP contribution in [0.4, 0.5) is 0 Å². The van der Waals surface area contributed by atoms with Gasteiger partial charge in [-0.3, -0.25) is 4.79 Å². The van der Waals surface area contributed by atoms with Crippen molar-refractivity contribution in [2.75, 3.05) is 13.2 Å². The molecular formula is C19H16BrNO5. The molecule has 0 N–H and O–H groups in total. The predicted molar refractivity (Wildman–Crippen MR) is 97.6 cm³/mol. The monoisotopic (exact) mass is 417 g/mol. The van der Waals surface area contributed by atoms with E-state index in [-0.39, 0.29) is 23.9 Å². The van der Waals surface area contributed by atoms with Gasteiger partial charge >= 0.3 is 5.97 Å². The smallest absolute Gasteiger partial charge is 0.349 e. The van der Waals surface area contributed by atoms with Gasteiger partial charge in [0.1, 0.15) is 5.75 Å². The second-order valence-electron chi connectivity index (χ2n) is 5.18. The van der Waals surface area contributed by atoms with Crippen LogP contribution in [0.2, 0.25) is 0 Å². The lowest BCUT2D eigenvalue weighted by atomic mass is 10.1. The van der Waals surface area contributed by atoms with Gasteiger partial charge in [0.15, 0.2) is 23.9 Å². The molecule has 0 unspecified atom stereocenters. The van der Waals surface area contributed by atoms with Gasteiger partial charge in [-0.2, -0.15) is 5.26 Å². The summed E-state index contributed by atoms with van der Waals surface area (Å²) in [6, 6.07) is 11.6. The van der Waals surface area contributed by atoms with E-state index >= 15 is 0 Å². The number of Topliss-reactive ketones (excluding diaryl/α,β-unsaturated/α-hetero) is 1. The van der Waals surface area contributed by atoms with Crippen molar-refractivity contribution < 1.29 is 23.8 Å². The molecule has 6 nitrogen and oxygen atoms in total. The van der Waals surface area contributed by atoms with Crippen molar-refractivity contribution >= 4 is 27.7 Å². The fraction of sp³-hybridized carbons (Fsp3) is 0.211. The summed E-state index contributed by atoms with van der Waals surface area (Å²) in [5.74, 6) is 0.103. The van der Waals surface area contributed by atoms with Crippen LogP contribution in [0.25, 0.3) is 0 Å². The van der Waals surface area contributed by atoms with Crippen LogP contribution in [0.3, 0.4) is 0 Å². The average Bonchev–Trinajstić information content (AvgIpc) is 2.63. The van der Waals surface area contributed by atoms with Gasteiger partial charge in [-0.15, -0.1) is 0 Å². The lowest BCUT2D eigenvalue weighted by Crippen LogP contribution is -2.18. The van der Waals surface area contributed by atoms with E-state index in [1.165, 1.54) is 19.1 Å². The van der Waals surface area contributed by atoms with Crippen LogP contribution in [0.5, 0.6) is 17.2 Å². The van der Waals surface area contributed by atoms with Crippen LogP contribution in [0.15, 0.2) is 40.9 Å². The predicted octanol–water partition coefficient (Wildman–Crippen LogP) is 3.91. The maximum absolute atomic E-state index is 12.1. The number of hydrogen-bond acceptors (Lipinski definition) is 6. The van der Waals surface area contributed by atoms with Crippen LogP contribution in [0.1, 0.15) is 29.8 Å². The third-order valence-electron chi connectivity index (χ3n) is 3.25. The van der Waals surface area contributed by atoms with Crippen molar-refractivity contribution in [1.29, 1.82) is 5.26 Å². The van der Waals surface area contributed by atoms with Gasteiger partial charge in [0.05, 0.1) is 22.7 Å². The highest BCUT2D eigenvalue weighted by atomic mass is 79.9. The molecule has 0 saturated heterocycles. The van der Waals surface area contributed by atoms with Crippen LogP contribution in [0, 0.1) is 11.3 Å². The second kappa shape index (κ2) is 9.02. The molecule has 0 aliphatic carbocycles. The van der Waals surface area contributed by atoms with E-state index < -0.39 is 5.97 Å². The zero-order chi connectivity index (χ0) is 19.1. The number of ether oxygens (including phenoxy) is 3. The Morgan fingerprint density at radius 2 is 1.96 bits per heavy atom. The van der Waals surface area contributed by atoms with Gasteiger partial charge in [-0.25, -0.2) is 4.79 Å². The van der Waals surface area contributed by atoms with E-state index in [0.717, 1.165) is 0 Å². The summed E-state index contributed by atoms with van der Waals surface area (Å²) in [5, 5.41) is 9.02. The van der Waals surface area contributed by atoms with E-state index in [1.54, 1.807) is 31.2 Å². The van der Waals surface area contributed by atoms with Gasteiger partial charge in [-0.05, 0) is 48.0 Å². The zero-order valence-electron chi connectivity index (χ0n) is 14.2. The number of nitrogens with zero attached hydrogens (tertiary/aromatic N) is 1. The molecule has 0 fully saturated rings. The van der Waals surface area contributed by atoms with E-state index in [9.17, 15) is 9.59 Å². The van der Waals surface area contributed by atoms with Crippen molar-refractivity contribution in [2.45, 2.75) is 13.8 Å². The summed E-state index contributed by atoms with van der Waals surface area (Å²) in [5.41, 5.74) is 0.863. The number of esters is 1. The summed E-state index contributed by atoms with van der Waals surface area (Å²) in [4.78, 5) is 23.5. The molecule has 0 atom stereocenters. The largest absolute Gasteiger partial charge is 0.490 e. The Morgan fingerprint density at radius 3 is 2.62 bits per heavy atom. The molecule has 26 heavy (non-hydrogen) atoms. The van der Waals surface area contributed by atoms with Crippen molar-refractivity contribution in [2.24, 2.45) is 0 Å². The van der Waals surface area contributed by atoms with E-state index in [2.05, 4.69) is 15.9 Å². The maximum Gasteiger partial charge on any atom is 0.349 e. The highest BCUT2D eigenvalue weighted by Crippen LogP contribution is 2.37. The highest BCUT2D eigenvalue weighted by Gasteiger charge is 2.17. The molecule has 0 saturated carbocycles. The summed E-state index contributed by atoms with van der Waals surface area (Å²) >= 11 is 3.27. The Hall–Kier alpha value is -2.85. The number of hydrogen-bond donors (Lipinski definition) is 0. The number of nitriles is 1. The number of halogens is 1. The first kappa shape index (κ1) is 19.5. The maximum atomic E-state index is 12.1. The van der Waals surface area contributed by atoms with Gasteiger partial charge in [0, 0.05) is 11.6 Å². The zero-order valence-corrected chi connectivity index (χ0v) is 15.8. The first-order valence-corrected chi connectivity index (χ1v) is 8.54. The Labute approximate surface area is 159 Å².